The van der Waals surface area contributed by atoms with Crippen LogP contribution in [0, 0.1) is 0 Å². The molecule has 1 aliphatic heterocycles. The van der Waals surface area contributed by atoms with E-state index in [9.17, 15) is 14.7 Å². The Morgan fingerprint density at radius 2 is 1.77 bits per heavy atom. The molecule has 0 radical (unpaired) electrons. The molecule has 8 heteroatoms. The summed E-state index contributed by atoms with van der Waals surface area (Å²) in [5.41, 5.74) is 3.62. The van der Waals surface area contributed by atoms with Crippen molar-refractivity contribution in [2.75, 3.05) is 52.8 Å². The van der Waals surface area contributed by atoms with E-state index >= 15 is 0 Å². The lowest BCUT2D eigenvalue weighted by molar-refractivity contribution is -0.136. The fourth-order valence-corrected chi connectivity index (χ4v) is 4.66. The molecular formula is C27H37N3O5. The molecule has 0 unspecified atom stereocenters. The van der Waals surface area contributed by atoms with Crippen LogP contribution in [0.15, 0.2) is 48.5 Å². The Morgan fingerprint density at radius 1 is 1.09 bits per heavy atom. The van der Waals surface area contributed by atoms with Gasteiger partial charge in [-0.05, 0) is 43.0 Å². The van der Waals surface area contributed by atoms with Crippen molar-refractivity contribution in [3.63, 3.8) is 0 Å². The van der Waals surface area contributed by atoms with E-state index in [1.54, 1.807) is 19.1 Å². The molecule has 2 N–H and O–H groups in total. The third-order valence-corrected chi connectivity index (χ3v) is 6.74. The average molecular weight is 484 g/mol. The molecule has 2 aromatic rings. The predicted molar refractivity (Wildman–Crippen MR) is 137 cm³/mol. The quantitative estimate of drug-likeness (QED) is 0.458. The van der Waals surface area contributed by atoms with E-state index < -0.39 is 6.09 Å². The van der Waals surface area contributed by atoms with Crippen LogP contribution >= 0.6 is 0 Å². The number of benzene rings is 2. The fourth-order valence-electron chi connectivity index (χ4n) is 4.66. The van der Waals surface area contributed by atoms with Gasteiger partial charge in [0, 0.05) is 52.8 Å². The third kappa shape index (κ3) is 7.52. The summed E-state index contributed by atoms with van der Waals surface area (Å²) in [7, 11) is 4.98. The Hall–Kier alpha value is -2.94. The summed E-state index contributed by atoms with van der Waals surface area (Å²) in [5.74, 6) is 0.359. The molecule has 0 saturated carbocycles. The standard InChI is InChI=1S/C27H37N3O5/c1-29(24(31)12-13-25(34-2)35-3)18-19-30-16-14-21(15-17-30)23-11-7-10-22(26(23)28-27(32)33)20-8-5-4-6-9-20/h4-11,21,25,28H,12-19H2,1-3H3,(H,32,33). The highest BCUT2D eigenvalue weighted by Gasteiger charge is 2.25. The Labute approximate surface area is 207 Å². The molecule has 1 fully saturated rings. The first-order valence-electron chi connectivity index (χ1n) is 12.1. The van der Waals surface area contributed by atoms with E-state index in [-0.39, 0.29) is 18.1 Å². The predicted octanol–water partition coefficient (Wildman–Crippen LogP) is 4.48. The summed E-state index contributed by atoms with van der Waals surface area (Å²) in [4.78, 5) is 28.1. The Bertz CT molecular complexity index is 957. The number of nitrogens with zero attached hydrogens (tertiary/aromatic N) is 2. The first-order chi connectivity index (χ1) is 16.9. The second-order valence-corrected chi connectivity index (χ2v) is 8.94. The van der Waals surface area contributed by atoms with E-state index in [0.29, 0.717) is 25.1 Å². The maximum atomic E-state index is 12.4. The minimum atomic E-state index is -1.05. The van der Waals surface area contributed by atoms with Crippen molar-refractivity contribution in [2.24, 2.45) is 0 Å². The molecule has 0 spiro atoms. The van der Waals surface area contributed by atoms with E-state index in [1.165, 1.54) is 0 Å². The average Bonchev–Trinajstić information content (AvgIpc) is 2.88. The number of carbonyl (C=O) groups is 2. The van der Waals surface area contributed by atoms with Gasteiger partial charge >= 0.3 is 6.09 Å². The topological polar surface area (TPSA) is 91.3 Å². The number of ether oxygens (including phenoxy) is 2. The maximum Gasteiger partial charge on any atom is 0.409 e. The van der Waals surface area contributed by atoms with Gasteiger partial charge in [-0.1, -0.05) is 48.5 Å². The molecule has 1 aliphatic rings. The Morgan fingerprint density at radius 3 is 2.40 bits per heavy atom. The number of hydrogen-bond donors (Lipinski definition) is 2. The molecule has 3 rings (SSSR count). The van der Waals surface area contributed by atoms with Gasteiger partial charge in [0.2, 0.25) is 5.91 Å². The molecule has 1 heterocycles. The lowest BCUT2D eigenvalue weighted by Crippen LogP contribution is -2.40. The number of hydrogen-bond acceptors (Lipinski definition) is 5. The molecule has 0 bridgehead atoms. The zero-order chi connectivity index (χ0) is 25.2. The number of likely N-dealkylation sites (tertiary alicyclic amines) is 1. The van der Waals surface area contributed by atoms with Gasteiger partial charge in [-0.25, -0.2) is 4.79 Å². The van der Waals surface area contributed by atoms with Crippen LogP contribution in [0.5, 0.6) is 0 Å². The molecule has 2 amide bonds. The molecule has 0 aliphatic carbocycles. The highest BCUT2D eigenvalue weighted by atomic mass is 16.7. The van der Waals surface area contributed by atoms with E-state index in [2.05, 4.69) is 10.2 Å². The Kier molecular flexibility index (Phi) is 10.1. The fraction of sp³-hybridized carbons (Fsp3) is 0.481. The Balaban J connectivity index is 1.58. The molecule has 8 nitrogen and oxygen atoms in total. The van der Waals surface area contributed by atoms with Gasteiger partial charge in [0.1, 0.15) is 0 Å². The first kappa shape index (κ1) is 26.7. The number of para-hydroxylation sites is 1. The molecule has 2 aromatic carbocycles. The number of rotatable bonds is 11. The van der Waals surface area contributed by atoms with Crippen molar-refractivity contribution in [3.05, 3.63) is 54.1 Å². The number of amides is 2. The van der Waals surface area contributed by atoms with Crippen molar-refractivity contribution < 1.29 is 24.2 Å². The van der Waals surface area contributed by atoms with E-state index in [1.807, 2.05) is 55.6 Å². The van der Waals surface area contributed by atoms with Crippen LogP contribution in [0.3, 0.4) is 0 Å². The lowest BCUT2D eigenvalue weighted by atomic mass is 9.86. The third-order valence-electron chi connectivity index (χ3n) is 6.74. The number of carboxylic acid groups (broad SMARTS) is 1. The summed E-state index contributed by atoms with van der Waals surface area (Å²) in [6, 6.07) is 15.9. The second-order valence-electron chi connectivity index (χ2n) is 8.94. The van der Waals surface area contributed by atoms with Gasteiger partial charge in [-0.3, -0.25) is 10.1 Å². The zero-order valence-corrected chi connectivity index (χ0v) is 20.9. The number of carbonyl (C=O) groups excluding carboxylic acids is 1. The summed E-state index contributed by atoms with van der Waals surface area (Å²) >= 11 is 0. The van der Waals surface area contributed by atoms with Crippen molar-refractivity contribution in [1.29, 1.82) is 0 Å². The van der Waals surface area contributed by atoms with Crippen LogP contribution in [0.2, 0.25) is 0 Å². The molecule has 190 valence electrons. The normalized spacial score (nSPS) is 14.7. The maximum absolute atomic E-state index is 12.4. The van der Waals surface area contributed by atoms with Gasteiger partial charge in [0.15, 0.2) is 6.29 Å². The monoisotopic (exact) mass is 483 g/mol. The summed E-state index contributed by atoms with van der Waals surface area (Å²) in [6.45, 7) is 3.30. The summed E-state index contributed by atoms with van der Waals surface area (Å²) < 4.78 is 10.3. The van der Waals surface area contributed by atoms with Crippen molar-refractivity contribution in [3.8, 4) is 11.1 Å². The van der Waals surface area contributed by atoms with Crippen LogP contribution in [0.25, 0.3) is 11.1 Å². The number of piperidine rings is 1. The van der Waals surface area contributed by atoms with Crippen LogP contribution in [-0.4, -0.2) is 80.6 Å². The number of likely N-dealkylation sites (N-methyl/N-ethyl adjacent to an activating group) is 1. The van der Waals surface area contributed by atoms with Gasteiger partial charge in [0.25, 0.3) is 0 Å². The summed E-state index contributed by atoms with van der Waals surface area (Å²) in [5, 5.41) is 12.2. The number of methoxy groups -OCH3 is 2. The minimum Gasteiger partial charge on any atom is -0.465 e. The minimum absolute atomic E-state index is 0.0844. The molecular weight excluding hydrogens is 446 g/mol. The van der Waals surface area contributed by atoms with Crippen LogP contribution in [0.1, 0.15) is 37.2 Å². The van der Waals surface area contributed by atoms with Crippen LogP contribution < -0.4 is 5.32 Å². The van der Waals surface area contributed by atoms with Crippen LogP contribution in [0.4, 0.5) is 10.5 Å². The van der Waals surface area contributed by atoms with E-state index in [0.717, 1.165) is 49.2 Å². The summed E-state index contributed by atoms with van der Waals surface area (Å²) in [6.07, 6.45) is 1.40. The zero-order valence-electron chi connectivity index (χ0n) is 20.9. The molecule has 0 aromatic heterocycles. The lowest BCUT2D eigenvalue weighted by Gasteiger charge is -2.34. The first-order valence-corrected chi connectivity index (χ1v) is 12.1. The van der Waals surface area contributed by atoms with Crippen molar-refractivity contribution in [1.82, 2.24) is 9.80 Å². The highest BCUT2D eigenvalue weighted by molar-refractivity contribution is 5.92. The van der Waals surface area contributed by atoms with Gasteiger partial charge in [-0.2, -0.15) is 0 Å². The number of nitrogens with one attached hydrogen (secondary N) is 1. The van der Waals surface area contributed by atoms with Gasteiger partial charge in [-0.15, -0.1) is 0 Å². The highest BCUT2D eigenvalue weighted by Crippen LogP contribution is 2.38. The smallest absolute Gasteiger partial charge is 0.409 e. The van der Waals surface area contributed by atoms with Gasteiger partial charge in [0.05, 0.1) is 5.69 Å². The van der Waals surface area contributed by atoms with Gasteiger partial charge < -0.3 is 24.4 Å². The van der Waals surface area contributed by atoms with Crippen molar-refractivity contribution >= 4 is 17.7 Å². The molecule has 0 atom stereocenters. The SMILES string of the molecule is COC(CCC(=O)N(C)CCN1CCC(c2cccc(-c3ccccc3)c2NC(=O)O)CC1)OC. The van der Waals surface area contributed by atoms with Crippen molar-refractivity contribution in [2.45, 2.75) is 37.9 Å². The van der Waals surface area contributed by atoms with Crippen LogP contribution in [-0.2, 0) is 14.3 Å². The van der Waals surface area contributed by atoms with E-state index in [4.69, 9.17) is 9.47 Å². The second kappa shape index (κ2) is 13.2. The number of anilines is 1. The molecule has 1 saturated heterocycles. The molecule has 35 heavy (non-hydrogen) atoms. The largest absolute Gasteiger partial charge is 0.465 e.